The minimum atomic E-state index is -4.73. The number of phenolic OH excluding ortho intramolecular Hbond substituents is 1. The number of hydrogen-bond acceptors (Lipinski definition) is 4. The van der Waals surface area contributed by atoms with E-state index in [-0.39, 0.29) is 12.4 Å². The number of pyridine rings is 1. The van der Waals surface area contributed by atoms with E-state index in [1.165, 1.54) is 36.5 Å². The monoisotopic (exact) mass is 406 g/mol. The number of hydrogen-bond donors (Lipinski definition) is 2. The number of halogens is 4. The number of benzene rings is 2. The Morgan fingerprint density at radius 3 is 2.41 bits per heavy atom. The van der Waals surface area contributed by atoms with Gasteiger partial charge in [0.25, 0.3) is 5.91 Å². The standard InChI is InChI=1S/C20H14F4N2O3/c21-13-2-5-15(6-3-13)29-18-8-1-12(10-25-18)11-26-19(28)16-9-14(27)4-7-17(16)20(22,23)24/h1-10,27H,11H2,(H,26,28). The molecule has 3 rings (SSSR count). The summed E-state index contributed by atoms with van der Waals surface area (Å²) in [5.74, 6) is -1.24. The van der Waals surface area contributed by atoms with Crippen molar-refractivity contribution in [2.45, 2.75) is 12.7 Å². The number of alkyl halides is 3. The maximum absolute atomic E-state index is 13.0. The zero-order valence-corrected chi connectivity index (χ0v) is 14.7. The van der Waals surface area contributed by atoms with E-state index in [4.69, 9.17) is 4.74 Å². The molecule has 0 saturated carbocycles. The lowest BCUT2D eigenvalue weighted by Crippen LogP contribution is -2.26. The van der Waals surface area contributed by atoms with E-state index >= 15 is 0 Å². The summed E-state index contributed by atoms with van der Waals surface area (Å²) in [5, 5.41) is 11.8. The van der Waals surface area contributed by atoms with E-state index in [2.05, 4.69) is 10.3 Å². The first-order chi connectivity index (χ1) is 13.7. The molecule has 0 unspecified atom stereocenters. The van der Waals surface area contributed by atoms with Crippen molar-refractivity contribution in [2.75, 3.05) is 0 Å². The molecule has 3 aromatic rings. The lowest BCUT2D eigenvalue weighted by Gasteiger charge is -2.13. The van der Waals surface area contributed by atoms with Crippen molar-refractivity contribution in [1.29, 1.82) is 0 Å². The number of carbonyl (C=O) groups is 1. The van der Waals surface area contributed by atoms with E-state index in [9.17, 15) is 27.5 Å². The van der Waals surface area contributed by atoms with Gasteiger partial charge in [0, 0.05) is 18.8 Å². The van der Waals surface area contributed by atoms with Gasteiger partial charge in [-0.05, 0) is 48.0 Å². The molecule has 1 aromatic heterocycles. The van der Waals surface area contributed by atoms with Crippen molar-refractivity contribution in [1.82, 2.24) is 10.3 Å². The van der Waals surface area contributed by atoms with Gasteiger partial charge >= 0.3 is 6.18 Å². The van der Waals surface area contributed by atoms with Crippen LogP contribution in [0.4, 0.5) is 17.6 Å². The van der Waals surface area contributed by atoms with Gasteiger partial charge in [0.15, 0.2) is 0 Å². The molecule has 0 aliphatic carbocycles. The van der Waals surface area contributed by atoms with Crippen molar-refractivity contribution in [3.8, 4) is 17.4 Å². The highest BCUT2D eigenvalue weighted by atomic mass is 19.4. The Bertz CT molecular complexity index is 1000. The Balaban J connectivity index is 1.65. The van der Waals surface area contributed by atoms with E-state index in [0.717, 1.165) is 12.1 Å². The molecular weight excluding hydrogens is 392 g/mol. The first kappa shape index (κ1) is 20.1. The number of phenols is 1. The summed E-state index contributed by atoms with van der Waals surface area (Å²) in [6.07, 6.45) is -3.35. The summed E-state index contributed by atoms with van der Waals surface area (Å²) in [4.78, 5) is 16.2. The topological polar surface area (TPSA) is 71.5 Å². The van der Waals surface area contributed by atoms with Crippen LogP contribution in [0.2, 0.25) is 0 Å². The summed E-state index contributed by atoms with van der Waals surface area (Å²) in [5.41, 5.74) is -1.31. The molecule has 0 radical (unpaired) electrons. The molecule has 0 atom stereocenters. The quantitative estimate of drug-likeness (QED) is 0.605. The Morgan fingerprint density at radius 2 is 1.79 bits per heavy atom. The second kappa shape index (κ2) is 8.17. The van der Waals surface area contributed by atoms with Crippen LogP contribution in [0.15, 0.2) is 60.8 Å². The molecule has 150 valence electrons. The molecule has 0 fully saturated rings. The fraction of sp³-hybridized carbons (Fsp3) is 0.100. The van der Waals surface area contributed by atoms with E-state index in [1.54, 1.807) is 6.07 Å². The third kappa shape index (κ3) is 5.22. The molecular formula is C20H14F4N2O3. The highest BCUT2D eigenvalue weighted by Gasteiger charge is 2.35. The second-order valence-electron chi connectivity index (χ2n) is 5.97. The van der Waals surface area contributed by atoms with Gasteiger partial charge in [-0.2, -0.15) is 13.2 Å². The van der Waals surface area contributed by atoms with Gasteiger partial charge in [-0.1, -0.05) is 6.07 Å². The number of ether oxygens (including phenoxy) is 1. The van der Waals surface area contributed by atoms with Gasteiger partial charge in [0.1, 0.15) is 17.3 Å². The zero-order chi connectivity index (χ0) is 21.0. The molecule has 29 heavy (non-hydrogen) atoms. The number of rotatable bonds is 5. The minimum absolute atomic E-state index is 0.0877. The average molecular weight is 406 g/mol. The van der Waals surface area contributed by atoms with Gasteiger partial charge in [0.05, 0.1) is 11.1 Å². The molecule has 1 heterocycles. The molecule has 5 nitrogen and oxygen atoms in total. The van der Waals surface area contributed by atoms with Crippen LogP contribution in [-0.2, 0) is 12.7 Å². The SMILES string of the molecule is O=C(NCc1ccc(Oc2ccc(F)cc2)nc1)c1cc(O)ccc1C(F)(F)F. The van der Waals surface area contributed by atoms with Crippen LogP contribution >= 0.6 is 0 Å². The smallest absolute Gasteiger partial charge is 0.417 e. The summed E-state index contributed by atoms with van der Waals surface area (Å²) >= 11 is 0. The van der Waals surface area contributed by atoms with Gasteiger partial charge < -0.3 is 15.2 Å². The van der Waals surface area contributed by atoms with Crippen molar-refractivity contribution in [2.24, 2.45) is 0 Å². The fourth-order valence-electron chi connectivity index (χ4n) is 2.44. The van der Waals surface area contributed by atoms with Crippen LogP contribution in [0, 0.1) is 5.82 Å². The summed E-state index contributed by atoms with van der Waals surface area (Å²) < 4.78 is 57.4. The molecule has 0 spiro atoms. The number of aromatic hydroxyl groups is 1. The molecule has 0 bridgehead atoms. The fourth-order valence-corrected chi connectivity index (χ4v) is 2.44. The highest BCUT2D eigenvalue weighted by molar-refractivity contribution is 5.96. The maximum Gasteiger partial charge on any atom is 0.417 e. The molecule has 0 saturated heterocycles. The maximum atomic E-state index is 13.0. The van der Waals surface area contributed by atoms with Crippen molar-refractivity contribution in [3.63, 3.8) is 0 Å². The first-order valence-corrected chi connectivity index (χ1v) is 8.29. The predicted octanol–water partition coefficient (Wildman–Crippen LogP) is 4.67. The van der Waals surface area contributed by atoms with Gasteiger partial charge in [-0.3, -0.25) is 4.79 Å². The number of aromatic nitrogens is 1. The number of nitrogens with one attached hydrogen (secondary N) is 1. The highest BCUT2D eigenvalue weighted by Crippen LogP contribution is 2.33. The summed E-state index contributed by atoms with van der Waals surface area (Å²) in [6, 6.07) is 10.7. The number of amides is 1. The third-order valence-corrected chi connectivity index (χ3v) is 3.84. The number of nitrogens with zero attached hydrogens (tertiary/aromatic N) is 1. The molecule has 2 aromatic carbocycles. The lowest BCUT2D eigenvalue weighted by molar-refractivity contribution is -0.137. The van der Waals surface area contributed by atoms with Crippen LogP contribution in [0.1, 0.15) is 21.5 Å². The summed E-state index contributed by atoms with van der Waals surface area (Å²) in [7, 11) is 0. The molecule has 1 amide bonds. The average Bonchev–Trinajstić information content (AvgIpc) is 2.68. The van der Waals surface area contributed by atoms with Crippen LogP contribution in [0.25, 0.3) is 0 Å². The second-order valence-corrected chi connectivity index (χ2v) is 5.97. The number of carbonyl (C=O) groups excluding carboxylic acids is 1. The zero-order valence-electron chi connectivity index (χ0n) is 14.7. The molecule has 0 aliphatic heterocycles. The van der Waals surface area contributed by atoms with E-state index < -0.39 is 34.8 Å². The Kier molecular flexibility index (Phi) is 5.67. The van der Waals surface area contributed by atoms with Gasteiger partial charge in [0.2, 0.25) is 5.88 Å². The Labute approximate surface area is 162 Å². The minimum Gasteiger partial charge on any atom is -0.508 e. The van der Waals surface area contributed by atoms with Crippen LogP contribution in [0.5, 0.6) is 17.4 Å². The van der Waals surface area contributed by atoms with Gasteiger partial charge in [-0.25, -0.2) is 9.37 Å². The molecule has 0 aliphatic rings. The Morgan fingerprint density at radius 1 is 1.07 bits per heavy atom. The predicted molar refractivity (Wildman–Crippen MR) is 95.0 cm³/mol. The summed E-state index contributed by atoms with van der Waals surface area (Å²) in [6.45, 7) is -0.0877. The molecule has 9 heteroatoms. The lowest BCUT2D eigenvalue weighted by atomic mass is 10.1. The van der Waals surface area contributed by atoms with Crippen molar-refractivity contribution < 1.29 is 32.2 Å². The van der Waals surface area contributed by atoms with E-state index in [0.29, 0.717) is 17.4 Å². The van der Waals surface area contributed by atoms with Crippen molar-refractivity contribution in [3.05, 3.63) is 83.3 Å². The van der Waals surface area contributed by atoms with Gasteiger partial charge in [-0.15, -0.1) is 0 Å². The molecule has 2 N–H and O–H groups in total. The van der Waals surface area contributed by atoms with Crippen molar-refractivity contribution >= 4 is 5.91 Å². The van der Waals surface area contributed by atoms with E-state index in [1.807, 2.05) is 0 Å². The first-order valence-electron chi connectivity index (χ1n) is 8.29. The third-order valence-electron chi connectivity index (χ3n) is 3.84. The Hall–Kier alpha value is -3.62. The largest absolute Gasteiger partial charge is 0.508 e. The normalized spacial score (nSPS) is 11.2. The van der Waals surface area contributed by atoms with Crippen LogP contribution in [-0.4, -0.2) is 16.0 Å². The van der Waals surface area contributed by atoms with Crippen LogP contribution < -0.4 is 10.1 Å². The van der Waals surface area contributed by atoms with Crippen LogP contribution in [0.3, 0.4) is 0 Å².